The molecule has 1 saturated heterocycles. The predicted octanol–water partition coefficient (Wildman–Crippen LogP) is 1.66. The Labute approximate surface area is 78.1 Å². The van der Waals surface area contributed by atoms with Gasteiger partial charge < -0.3 is 9.84 Å². The lowest BCUT2D eigenvalue weighted by molar-refractivity contribution is -0.158. The Balaban J connectivity index is 2.32. The van der Waals surface area contributed by atoms with E-state index in [0.29, 0.717) is 6.10 Å². The molecule has 0 aromatic rings. The number of ether oxygens (including phenoxy) is 1. The first kappa shape index (κ1) is 9.00. The largest absolute Gasteiger partial charge is 0.481 e. The zero-order valence-corrected chi connectivity index (χ0v) is 8.33. The molecule has 1 aliphatic heterocycles. The second kappa shape index (κ2) is 2.27. The van der Waals surface area contributed by atoms with Crippen LogP contribution >= 0.6 is 0 Å². The third-order valence-corrected chi connectivity index (χ3v) is 4.12. The highest BCUT2D eigenvalue weighted by Gasteiger charge is 2.64. The van der Waals surface area contributed by atoms with Crippen LogP contribution in [0.5, 0.6) is 0 Å². The van der Waals surface area contributed by atoms with E-state index >= 15 is 0 Å². The lowest BCUT2D eigenvalue weighted by atomic mass is 9.58. The number of carbonyl (C=O) groups is 1. The fourth-order valence-corrected chi connectivity index (χ4v) is 2.45. The third-order valence-electron chi connectivity index (χ3n) is 4.12. The number of carboxylic acid groups (broad SMARTS) is 1. The van der Waals surface area contributed by atoms with Crippen LogP contribution in [-0.4, -0.2) is 23.3 Å². The number of hydrogen-bond donors (Lipinski definition) is 1. The molecule has 2 rings (SSSR count). The molecule has 1 saturated carbocycles. The first-order valence-corrected chi connectivity index (χ1v) is 4.78. The van der Waals surface area contributed by atoms with Crippen LogP contribution in [-0.2, 0) is 9.53 Å². The fourth-order valence-electron chi connectivity index (χ4n) is 2.45. The average Bonchev–Trinajstić information content (AvgIpc) is 2.76. The molecule has 1 heterocycles. The minimum absolute atomic E-state index is 0.169. The topological polar surface area (TPSA) is 49.8 Å². The lowest BCUT2D eigenvalue weighted by Gasteiger charge is -2.42. The highest BCUT2D eigenvalue weighted by molar-refractivity contribution is 5.75. The summed E-state index contributed by atoms with van der Waals surface area (Å²) >= 11 is 0. The van der Waals surface area contributed by atoms with Crippen molar-refractivity contribution in [1.82, 2.24) is 0 Å². The van der Waals surface area contributed by atoms with Crippen molar-refractivity contribution in [3.8, 4) is 0 Å². The molecule has 0 bridgehead atoms. The molecule has 0 aromatic carbocycles. The summed E-state index contributed by atoms with van der Waals surface area (Å²) in [7, 11) is 0. The van der Waals surface area contributed by atoms with Gasteiger partial charge in [-0.15, -0.1) is 0 Å². The summed E-state index contributed by atoms with van der Waals surface area (Å²) in [6, 6.07) is 0. The van der Waals surface area contributed by atoms with Gasteiger partial charge in [-0.3, -0.25) is 4.79 Å². The van der Waals surface area contributed by atoms with Crippen molar-refractivity contribution in [2.45, 2.75) is 45.8 Å². The van der Waals surface area contributed by atoms with Crippen LogP contribution in [0.4, 0.5) is 0 Å². The Bertz CT molecular complexity index is 259. The maximum absolute atomic E-state index is 11.2. The van der Waals surface area contributed by atoms with Gasteiger partial charge in [0.25, 0.3) is 0 Å². The molecular weight excluding hydrogens is 168 g/mol. The van der Waals surface area contributed by atoms with Gasteiger partial charge in [0, 0.05) is 5.41 Å². The van der Waals surface area contributed by atoms with Gasteiger partial charge in [-0.05, 0) is 19.8 Å². The summed E-state index contributed by atoms with van der Waals surface area (Å²) in [5.74, 6) is -0.688. The zero-order chi connectivity index (χ0) is 9.85. The van der Waals surface area contributed by atoms with Gasteiger partial charge in [-0.1, -0.05) is 13.8 Å². The molecule has 3 atom stereocenters. The molecule has 0 aromatic heterocycles. The van der Waals surface area contributed by atoms with Gasteiger partial charge in [0.2, 0.25) is 0 Å². The van der Waals surface area contributed by atoms with Gasteiger partial charge in [0.1, 0.15) is 0 Å². The molecule has 2 fully saturated rings. The molecule has 74 valence electrons. The van der Waals surface area contributed by atoms with Crippen molar-refractivity contribution in [3.05, 3.63) is 0 Å². The fraction of sp³-hybridized carbons (Fsp3) is 0.900. The van der Waals surface area contributed by atoms with E-state index < -0.39 is 11.4 Å². The van der Waals surface area contributed by atoms with Gasteiger partial charge in [-0.25, -0.2) is 0 Å². The summed E-state index contributed by atoms with van der Waals surface area (Å²) in [5, 5.41) is 9.21. The van der Waals surface area contributed by atoms with Crippen molar-refractivity contribution in [2.75, 3.05) is 0 Å². The summed E-state index contributed by atoms with van der Waals surface area (Å²) in [6.45, 7) is 5.85. The van der Waals surface area contributed by atoms with Crippen molar-refractivity contribution < 1.29 is 14.6 Å². The van der Waals surface area contributed by atoms with E-state index in [1.807, 2.05) is 20.8 Å². The predicted molar refractivity (Wildman–Crippen MR) is 47.4 cm³/mol. The number of carboxylic acids is 1. The van der Waals surface area contributed by atoms with Gasteiger partial charge in [-0.2, -0.15) is 0 Å². The second-order valence-corrected chi connectivity index (χ2v) is 4.99. The Morgan fingerprint density at radius 1 is 1.46 bits per heavy atom. The van der Waals surface area contributed by atoms with Gasteiger partial charge in [0.05, 0.1) is 17.6 Å². The van der Waals surface area contributed by atoms with Crippen LogP contribution in [0.25, 0.3) is 0 Å². The first-order chi connectivity index (χ1) is 5.89. The van der Waals surface area contributed by atoms with E-state index in [1.165, 1.54) is 0 Å². The van der Waals surface area contributed by atoms with Gasteiger partial charge in [0.15, 0.2) is 0 Å². The number of fused-ring (bicyclic) bond motifs is 1. The van der Waals surface area contributed by atoms with E-state index in [2.05, 4.69) is 0 Å². The minimum Gasteiger partial charge on any atom is -0.481 e. The number of epoxide rings is 1. The molecule has 1 N–H and O–H groups in total. The number of aliphatic carboxylic acids is 1. The Morgan fingerprint density at radius 2 is 2.08 bits per heavy atom. The maximum Gasteiger partial charge on any atom is 0.309 e. The van der Waals surface area contributed by atoms with Crippen LogP contribution in [0.1, 0.15) is 33.6 Å². The number of rotatable bonds is 1. The molecule has 0 radical (unpaired) electrons. The normalized spacial score (nSPS) is 46.7. The summed E-state index contributed by atoms with van der Waals surface area (Å²) in [6.07, 6.45) is 2.14. The summed E-state index contributed by atoms with van der Waals surface area (Å²) < 4.78 is 5.48. The minimum atomic E-state index is -0.688. The van der Waals surface area contributed by atoms with E-state index in [0.717, 1.165) is 12.8 Å². The third kappa shape index (κ3) is 0.966. The standard InChI is InChI=1S/C10H16O3/c1-9(2)7-6(13-7)4-5-10(9,3)8(11)12/h6-7H,4-5H2,1-3H3,(H,11,12). The van der Waals surface area contributed by atoms with Crippen LogP contribution < -0.4 is 0 Å². The second-order valence-electron chi connectivity index (χ2n) is 4.99. The quantitative estimate of drug-likeness (QED) is 0.630. The zero-order valence-electron chi connectivity index (χ0n) is 8.33. The molecule has 1 aliphatic carbocycles. The van der Waals surface area contributed by atoms with E-state index in [-0.39, 0.29) is 11.5 Å². The SMILES string of the molecule is CC1(C(=O)O)CCC2OC2C1(C)C. The van der Waals surface area contributed by atoms with Crippen molar-refractivity contribution in [3.63, 3.8) is 0 Å². The Hall–Kier alpha value is -0.570. The monoisotopic (exact) mass is 184 g/mol. The molecule has 3 unspecified atom stereocenters. The molecular formula is C10H16O3. The Morgan fingerprint density at radius 3 is 2.62 bits per heavy atom. The van der Waals surface area contributed by atoms with E-state index in [9.17, 15) is 9.90 Å². The first-order valence-electron chi connectivity index (χ1n) is 4.78. The van der Waals surface area contributed by atoms with E-state index in [1.54, 1.807) is 0 Å². The van der Waals surface area contributed by atoms with Crippen molar-refractivity contribution in [2.24, 2.45) is 10.8 Å². The molecule has 13 heavy (non-hydrogen) atoms. The van der Waals surface area contributed by atoms with Crippen molar-refractivity contribution in [1.29, 1.82) is 0 Å². The molecule has 0 spiro atoms. The molecule has 3 nitrogen and oxygen atoms in total. The van der Waals surface area contributed by atoms with Crippen LogP contribution in [0.15, 0.2) is 0 Å². The number of hydrogen-bond acceptors (Lipinski definition) is 2. The van der Waals surface area contributed by atoms with E-state index in [4.69, 9.17) is 4.74 Å². The van der Waals surface area contributed by atoms with Crippen LogP contribution in [0.2, 0.25) is 0 Å². The molecule has 3 heteroatoms. The Kier molecular flexibility index (Phi) is 1.57. The van der Waals surface area contributed by atoms with Crippen LogP contribution in [0.3, 0.4) is 0 Å². The van der Waals surface area contributed by atoms with Crippen molar-refractivity contribution >= 4 is 5.97 Å². The summed E-state index contributed by atoms with van der Waals surface area (Å²) in [5.41, 5.74) is -0.855. The summed E-state index contributed by atoms with van der Waals surface area (Å²) in [4.78, 5) is 11.2. The average molecular weight is 184 g/mol. The molecule has 0 amide bonds. The highest BCUT2D eigenvalue weighted by Crippen LogP contribution is 2.58. The molecule has 2 aliphatic rings. The smallest absolute Gasteiger partial charge is 0.309 e. The maximum atomic E-state index is 11.2. The van der Waals surface area contributed by atoms with Crippen LogP contribution in [0, 0.1) is 10.8 Å². The highest BCUT2D eigenvalue weighted by atomic mass is 16.6. The lowest BCUT2D eigenvalue weighted by Crippen LogP contribution is -2.48. The van der Waals surface area contributed by atoms with Gasteiger partial charge >= 0.3 is 5.97 Å².